The number of anilines is 1. The van der Waals surface area contributed by atoms with Crippen LogP contribution in [-0.4, -0.2) is 32.7 Å². The average Bonchev–Trinajstić information content (AvgIpc) is 2.63. The molecule has 0 saturated carbocycles. The third kappa shape index (κ3) is 4.22. The molecule has 0 aliphatic carbocycles. The van der Waals surface area contributed by atoms with Crippen molar-refractivity contribution in [2.45, 2.75) is 45.4 Å². The standard InChI is InChI=1S/C21H28N2O3S/c1-7-16-10-9-11-17(8-2)20(16)22-21(24)18-12-14(3)15(4)19(13-18)27(25,26)23(5)6/h9-13H,7-8H2,1-6H3,(H,22,24). The van der Waals surface area contributed by atoms with Gasteiger partial charge in [-0.25, -0.2) is 12.7 Å². The van der Waals surface area contributed by atoms with E-state index in [2.05, 4.69) is 5.32 Å². The highest BCUT2D eigenvalue weighted by atomic mass is 32.2. The first kappa shape index (κ1) is 21.1. The quantitative estimate of drug-likeness (QED) is 0.815. The van der Waals surface area contributed by atoms with Crippen LogP contribution in [0.25, 0.3) is 0 Å². The highest BCUT2D eigenvalue weighted by Gasteiger charge is 2.23. The third-order valence-electron chi connectivity index (χ3n) is 4.88. The van der Waals surface area contributed by atoms with Crippen LogP contribution in [0.1, 0.15) is 46.5 Å². The lowest BCUT2D eigenvalue weighted by Crippen LogP contribution is -2.24. The van der Waals surface area contributed by atoms with Gasteiger partial charge in [-0.2, -0.15) is 0 Å². The number of amides is 1. The van der Waals surface area contributed by atoms with E-state index in [9.17, 15) is 13.2 Å². The number of aryl methyl sites for hydroxylation is 3. The highest BCUT2D eigenvalue weighted by Crippen LogP contribution is 2.26. The molecule has 0 aromatic heterocycles. The summed E-state index contributed by atoms with van der Waals surface area (Å²) < 4.78 is 26.4. The van der Waals surface area contributed by atoms with E-state index in [0.29, 0.717) is 11.1 Å². The van der Waals surface area contributed by atoms with Crippen molar-refractivity contribution in [2.24, 2.45) is 0 Å². The zero-order chi connectivity index (χ0) is 20.4. The maximum Gasteiger partial charge on any atom is 0.255 e. The first-order chi connectivity index (χ1) is 12.6. The predicted octanol–water partition coefficient (Wildman–Crippen LogP) is 3.93. The normalized spacial score (nSPS) is 11.7. The van der Waals surface area contributed by atoms with E-state index in [1.165, 1.54) is 20.2 Å². The van der Waals surface area contributed by atoms with E-state index >= 15 is 0 Å². The molecule has 2 rings (SSSR count). The molecule has 0 aliphatic rings. The molecular weight excluding hydrogens is 360 g/mol. The molecule has 0 unspecified atom stereocenters. The summed E-state index contributed by atoms with van der Waals surface area (Å²) in [5, 5.41) is 3.00. The van der Waals surface area contributed by atoms with Crippen LogP contribution in [0, 0.1) is 13.8 Å². The summed E-state index contributed by atoms with van der Waals surface area (Å²) in [6.45, 7) is 7.66. The smallest absolute Gasteiger partial charge is 0.255 e. The molecule has 27 heavy (non-hydrogen) atoms. The van der Waals surface area contributed by atoms with Gasteiger partial charge in [0.05, 0.1) is 4.90 Å². The van der Waals surface area contributed by atoms with Gasteiger partial charge < -0.3 is 5.32 Å². The van der Waals surface area contributed by atoms with Gasteiger partial charge in [0.2, 0.25) is 10.0 Å². The number of para-hydroxylation sites is 1. The molecule has 6 heteroatoms. The van der Waals surface area contributed by atoms with E-state index in [4.69, 9.17) is 0 Å². The molecular formula is C21H28N2O3S. The predicted molar refractivity (Wildman–Crippen MR) is 110 cm³/mol. The molecule has 146 valence electrons. The summed E-state index contributed by atoms with van der Waals surface area (Å²) >= 11 is 0. The Morgan fingerprint density at radius 3 is 2.07 bits per heavy atom. The Labute approximate surface area is 162 Å². The molecule has 1 amide bonds. The number of carbonyl (C=O) groups excluding carboxylic acids is 1. The molecule has 0 aliphatic heterocycles. The lowest BCUT2D eigenvalue weighted by Gasteiger charge is -2.18. The second kappa shape index (κ2) is 8.23. The zero-order valence-corrected chi connectivity index (χ0v) is 17.7. The molecule has 0 spiro atoms. The number of nitrogens with zero attached hydrogens (tertiary/aromatic N) is 1. The number of sulfonamides is 1. The SMILES string of the molecule is CCc1cccc(CC)c1NC(=O)c1cc(C)c(C)c(S(=O)(=O)N(C)C)c1. The van der Waals surface area contributed by atoms with Crippen LogP contribution < -0.4 is 5.32 Å². The van der Waals surface area contributed by atoms with Crippen molar-refractivity contribution in [3.8, 4) is 0 Å². The Balaban J connectivity index is 2.52. The summed E-state index contributed by atoms with van der Waals surface area (Å²) in [6.07, 6.45) is 1.60. The minimum Gasteiger partial charge on any atom is -0.321 e. The minimum atomic E-state index is -3.63. The van der Waals surface area contributed by atoms with Gasteiger partial charge in [0, 0.05) is 25.3 Å². The fourth-order valence-corrected chi connectivity index (χ4v) is 4.23. The van der Waals surface area contributed by atoms with Crippen molar-refractivity contribution >= 4 is 21.6 Å². The number of hydrogen-bond acceptors (Lipinski definition) is 3. The highest BCUT2D eigenvalue weighted by molar-refractivity contribution is 7.89. The summed E-state index contributed by atoms with van der Waals surface area (Å²) in [7, 11) is -0.655. The van der Waals surface area contributed by atoms with Crippen molar-refractivity contribution in [1.82, 2.24) is 4.31 Å². The van der Waals surface area contributed by atoms with Gasteiger partial charge in [-0.3, -0.25) is 4.79 Å². The molecule has 0 radical (unpaired) electrons. The van der Waals surface area contributed by atoms with E-state index in [0.717, 1.165) is 39.5 Å². The molecule has 0 heterocycles. The van der Waals surface area contributed by atoms with Gasteiger partial charge in [0.1, 0.15) is 0 Å². The fraction of sp³-hybridized carbons (Fsp3) is 0.381. The van der Waals surface area contributed by atoms with Gasteiger partial charge in [0.25, 0.3) is 5.91 Å². The number of carbonyl (C=O) groups is 1. The van der Waals surface area contributed by atoms with Crippen molar-refractivity contribution in [3.63, 3.8) is 0 Å². The van der Waals surface area contributed by atoms with Gasteiger partial charge in [-0.15, -0.1) is 0 Å². The molecule has 0 saturated heterocycles. The molecule has 0 bridgehead atoms. The zero-order valence-electron chi connectivity index (χ0n) is 16.9. The maximum atomic E-state index is 12.9. The van der Waals surface area contributed by atoms with Crippen LogP contribution >= 0.6 is 0 Å². The third-order valence-corrected chi connectivity index (χ3v) is 6.82. The first-order valence-electron chi connectivity index (χ1n) is 9.09. The van der Waals surface area contributed by atoms with Crippen LogP contribution in [0.5, 0.6) is 0 Å². The molecule has 0 atom stereocenters. The summed E-state index contributed by atoms with van der Waals surface area (Å²) in [6, 6.07) is 9.19. The van der Waals surface area contributed by atoms with Gasteiger partial charge in [-0.05, 0) is 61.1 Å². The van der Waals surface area contributed by atoms with E-state index in [-0.39, 0.29) is 10.8 Å². The van der Waals surface area contributed by atoms with Crippen molar-refractivity contribution in [3.05, 3.63) is 58.1 Å². The lowest BCUT2D eigenvalue weighted by molar-refractivity contribution is 0.102. The van der Waals surface area contributed by atoms with Crippen molar-refractivity contribution in [1.29, 1.82) is 0 Å². The van der Waals surface area contributed by atoms with Gasteiger partial charge >= 0.3 is 0 Å². The van der Waals surface area contributed by atoms with Crippen LogP contribution in [0.3, 0.4) is 0 Å². The Hall–Kier alpha value is -2.18. The summed E-state index contributed by atoms with van der Waals surface area (Å²) in [5.41, 5.74) is 4.71. The minimum absolute atomic E-state index is 0.164. The summed E-state index contributed by atoms with van der Waals surface area (Å²) in [4.78, 5) is 13.1. The monoisotopic (exact) mass is 388 g/mol. The topological polar surface area (TPSA) is 66.5 Å². The number of nitrogens with one attached hydrogen (secondary N) is 1. The second-order valence-electron chi connectivity index (χ2n) is 6.82. The van der Waals surface area contributed by atoms with Crippen LogP contribution in [0.15, 0.2) is 35.2 Å². The van der Waals surface area contributed by atoms with Crippen LogP contribution in [0.2, 0.25) is 0 Å². The van der Waals surface area contributed by atoms with E-state index < -0.39 is 10.0 Å². The van der Waals surface area contributed by atoms with E-state index in [1.807, 2.05) is 39.0 Å². The van der Waals surface area contributed by atoms with Crippen LogP contribution in [0.4, 0.5) is 5.69 Å². The average molecular weight is 389 g/mol. The number of rotatable bonds is 6. The molecule has 2 aromatic rings. The van der Waals surface area contributed by atoms with Gasteiger partial charge in [0.15, 0.2) is 0 Å². The van der Waals surface area contributed by atoms with Crippen molar-refractivity contribution < 1.29 is 13.2 Å². The molecule has 2 aromatic carbocycles. The van der Waals surface area contributed by atoms with Crippen molar-refractivity contribution in [2.75, 3.05) is 19.4 Å². The second-order valence-corrected chi connectivity index (χ2v) is 8.94. The Kier molecular flexibility index (Phi) is 6.44. The number of hydrogen-bond donors (Lipinski definition) is 1. The summed E-state index contributed by atoms with van der Waals surface area (Å²) in [5.74, 6) is -0.302. The first-order valence-corrected chi connectivity index (χ1v) is 10.5. The Morgan fingerprint density at radius 1 is 1.04 bits per heavy atom. The molecule has 1 N–H and O–H groups in total. The Morgan fingerprint density at radius 2 is 1.59 bits per heavy atom. The van der Waals surface area contributed by atoms with Crippen LogP contribution in [-0.2, 0) is 22.9 Å². The van der Waals surface area contributed by atoms with E-state index in [1.54, 1.807) is 13.0 Å². The van der Waals surface area contributed by atoms with Gasteiger partial charge in [-0.1, -0.05) is 32.0 Å². The Bertz CT molecular complexity index is 941. The fourth-order valence-electron chi connectivity index (χ4n) is 3.01. The lowest BCUT2D eigenvalue weighted by atomic mass is 10.0. The number of benzene rings is 2. The largest absolute Gasteiger partial charge is 0.321 e. The maximum absolute atomic E-state index is 12.9. The molecule has 0 fully saturated rings. The molecule has 5 nitrogen and oxygen atoms in total.